The molecule has 110 valence electrons. The number of hydrogen-bond acceptors (Lipinski definition) is 4. The van der Waals surface area contributed by atoms with E-state index in [0.29, 0.717) is 17.8 Å². The molecule has 0 aliphatic heterocycles. The van der Waals surface area contributed by atoms with E-state index in [0.717, 1.165) is 24.9 Å². The number of amides is 1. The molecule has 0 heterocycles. The molecule has 0 saturated heterocycles. The molecule has 1 saturated carbocycles. The molecular formula is C15H23N3O2. The highest BCUT2D eigenvalue weighted by molar-refractivity contribution is 6.01. The van der Waals surface area contributed by atoms with E-state index in [9.17, 15) is 9.90 Å². The second kappa shape index (κ2) is 6.13. The Kier molecular flexibility index (Phi) is 4.49. The van der Waals surface area contributed by atoms with Gasteiger partial charge >= 0.3 is 0 Å². The molecule has 1 aromatic rings. The third kappa shape index (κ3) is 2.88. The van der Waals surface area contributed by atoms with Crippen LogP contribution >= 0.6 is 0 Å². The van der Waals surface area contributed by atoms with Crippen molar-refractivity contribution in [3.8, 4) is 0 Å². The van der Waals surface area contributed by atoms with Crippen LogP contribution in [0.25, 0.3) is 0 Å². The SMILES string of the molecule is CN(C)c1ccc(N)cc1C(=O)N(CCO)C1CCC1. The summed E-state index contributed by atoms with van der Waals surface area (Å²) < 4.78 is 0. The zero-order valence-electron chi connectivity index (χ0n) is 12.2. The van der Waals surface area contributed by atoms with E-state index >= 15 is 0 Å². The Morgan fingerprint density at radius 1 is 1.40 bits per heavy atom. The van der Waals surface area contributed by atoms with Crippen LogP contribution in [0.5, 0.6) is 0 Å². The number of anilines is 2. The molecule has 5 nitrogen and oxygen atoms in total. The molecule has 0 unspecified atom stereocenters. The first kappa shape index (κ1) is 14.7. The normalized spacial score (nSPS) is 14.8. The summed E-state index contributed by atoms with van der Waals surface area (Å²) in [5.41, 5.74) is 7.86. The van der Waals surface area contributed by atoms with Gasteiger partial charge in [-0.3, -0.25) is 4.79 Å². The number of carbonyl (C=O) groups excluding carboxylic acids is 1. The average molecular weight is 277 g/mol. The minimum absolute atomic E-state index is 0.0121. The molecular weight excluding hydrogens is 254 g/mol. The van der Waals surface area contributed by atoms with E-state index in [4.69, 9.17) is 5.73 Å². The number of aliphatic hydroxyl groups is 1. The lowest BCUT2D eigenvalue weighted by Gasteiger charge is -2.38. The molecule has 0 bridgehead atoms. The largest absolute Gasteiger partial charge is 0.399 e. The molecule has 1 aliphatic rings. The Labute approximate surface area is 120 Å². The van der Waals surface area contributed by atoms with Gasteiger partial charge in [-0.1, -0.05) is 0 Å². The lowest BCUT2D eigenvalue weighted by molar-refractivity contribution is 0.0526. The first-order valence-electron chi connectivity index (χ1n) is 7.03. The number of aliphatic hydroxyl groups excluding tert-OH is 1. The molecule has 0 aromatic heterocycles. The fourth-order valence-electron chi connectivity index (χ4n) is 2.53. The predicted molar refractivity (Wildman–Crippen MR) is 80.9 cm³/mol. The summed E-state index contributed by atoms with van der Waals surface area (Å²) in [4.78, 5) is 16.5. The van der Waals surface area contributed by atoms with Crippen LogP contribution in [0.3, 0.4) is 0 Å². The average Bonchev–Trinajstić information content (AvgIpc) is 2.34. The van der Waals surface area contributed by atoms with Crippen molar-refractivity contribution in [2.24, 2.45) is 0 Å². The van der Waals surface area contributed by atoms with E-state index in [-0.39, 0.29) is 18.6 Å². The van der Waals surface area contributed by atoms with Gasteiger partial charge in [0, 0.05) is 38.1 Å². The molecule has 5 heteroatoms. The smallest absolute Gasteiger partial charge is 0.256 e. The molecule has 0 atom stereocenters. The Hall–Kier alpha value is -1.75. The second-order valence-corrected chi connectivity index (χ2v) is 5.48. The Morgan fingerprint density at radius 3 is 2.60 bits per heavy atom. The topological polar surface area (TPSA) is 69.8 Å². The van der Waals surface area contributed by atoms with Gasteiger partial charge in [0.1, 0.15) is 0 Å². The van der Waals surface area contributed by atoms with Crippen LogP contribution in [0.1, 0.15) is 29.6 Å². The highest BCUT2D eigenvalue weighted by atomic mass is 16.3. The number of hydrogen-bond donors (Lipinski definition) is 2. The van der Waals surface area contributed by atoms with Crippen LogP contribution in [0, 0.1) is 0 Å². The third-order valence-electron chi connectivity index (χ3n) is 3.85. The number of nitrogens with zero attached hydrogens (tertiary/aromatic N) is 2. The van der Waals surface area contributed by atoms with Gasteiger partial charge in [0.2, 0.25) is 0 Å². The van der Waals surface area contributed by atoms with E-state index in [1.54, 1.807) is 17.0 Å². The van der Waals surface area contributed by atoms with Gasteiger partial charge in [-0.15, -0.1) is 0 Å². The quantitative estimate of drug-likeness (QED) is 0.796. The summed E-state index contributed by atoms with van der Waals surface area (Å²) in [6.07, 6.45) is 3.19. The van der Waals surface area contributed by atoms with Gasteiger partial charge in [0.25, 0.3) is 5.91 Å². The van der Waals surface area contributed by atoms with Crippen molar-refractivity contribution >= 4 is 17.3 Å². The second-order valence-electron chi connectivity index (χ2n) is 5.48. The lowest BCUT2D eigenvalue weighted by atomic mass is 9.90. The maximum atomic E-state index is 12.8. The number of benzene rings is 1. The van der Waals surface area contributed by atoms with Crippen LogP contribution < -0.4 is 10.6 Å². The molecule has 1 aliphatic carbocycles. The van der Waals surface area contributed by atoms with Crippen LogP contribution in [-0.4, -0.2) is 49.2 Å². The first-order chi connectivity index (χ1) is 9.54. The highest BCUT2D eigenvalue weighted by Gasteiger charge is 2.30. The zero-order chi connectivity index (χ0) is 14.7. The zero-order valence-corrected chi connectivity index (χ0v) is 12.2. The van der Waals surface area contributed by atoms with Crippen LogP contribution in [-0.2, 0) is 0 Å². The number of carbonyl (C=O) groups is 1. The molecule has 3 N–H and O–H groups in total. The molecule has 0 spiro atoms. The Bertz CT molecular complexity index is 484. The van der Waals surface area contributed by atoms with Gasteiger partial charge in [-0.25, -0.2) is 0 Å². The van der Waals surface area contributed by atoms with Gasteiger partial charge in [-0.05, 0) is 37.5 Å². The van der Waals surface area contributed by atoms with Crippen molar-refractivity contribution in [1.82, 2.24) is 4.90 Å². The summed E-state index contributed by atoms with van der Waals surface area (Å²) in [5, 5.41) is 9.21. The van der Waals surface area contributed by atoms with Crippen LogP contribution in [0.2, 0.25) is 0 Å². The molecule has 2 rings (SSSR count). The fourth-order valence-corrected chi connectivity index (χ4v) is 2.53. The first-order valence-corrected chi connectivity index (χ1v) is 7.03. The van der Waals surface area contributed by atoms with Gasteiger partial charge < -0.3 is 20.6 Å². The van der Waals surface area contributed by atoms with Crippen molar-refractivity contribution in [2.45, 2.75) is 25.3 Å². The monoisotopic (exact) mass is 277 g/mol. The van der Waals surface area contributed by atoms with Crippen LogP contribution in [0.4, 0.5) is 11.4 Å². The van der Waals surface area contributed by atoms with E-state index in [1.807, 2.05) is 25.1 Å². The number of rotatable bonds is 5. The van der Waals surface area contributed by atoms with Gasteiger partial charge in [-0.2, -0.15) is 0 Å². The summed E-state index contributed by atoms with van der Waals surface area (Å²) in [7, 11) is 3.81. The van der Waals surface area contributed by atoms with E-state index < -0.39 is 0 Å². The highest BCUT2D eigenvalue weighted by Crippen LogP contribution is 2.29. The van der Waals surface area contributed by atoms with Crippen molar-refractivity contribution in [3.63, 3.8) is 0 Å². The standard InChI is InChI=1S/C15H23N3O2/c1-17(2)14-7-6-11(16)10-13(14)15(20)18(8-9-19)12-4-3-5-12/h6-7,10,12,19H,3-5,8-9,16H2,1-2H3. The summed E-state index contributed by atoms with van der Waals surface area (Å²) >= 11 is 0. The number of nitrogens with two attached hydrogens (primary N) is 1. The number of nitrogen functional groups attached to an aromatic ring is 1. The maximum absolute atomic E-state index is 12.8. The van der Waals surface area contributed by atoms with Crippen molar-refractivity contribution < 1.29 is 9.90 Å². The van der Waals surface area contributed by atoms with Gasteiger partial charge in [0.15, 0.2) is 0 Å². The van der Waals surface area contributed by atoms with Crippen LogP contribution in [0.15, 0.2) is 18.2 Å². The van der Waals surface area contributed by atoms with E-state index in [1.165, 1.54) is 0 Å². The minimum atomic E-state index is -0.0419. The van der Waals surface area contributed by atoms with E-state index in [2.05, 4.69) is 0 Å². The summed E-state index contributed by atoms with van der Waals surface area (Å²) in [5.74, 6) is -0.0419. The molecule has 20 heavy (non-hydrogen) atoms. The van der Waals surface area contributed by atoms with Crippen molar-refractivity contribution in [3.05, 3.63) is 23.8 Å². The molecule has 1 fully saturated rings. The third-order valence-corrected chi connectivity index (χ3v) is 3.85. The fraction of sp³-hybridized carbons (Fsp3) is 0.533. The summed E-state index contributed by atoms with van der Waals surface area (Å²) in [6, 6.07) is 5.64. The van der Waals surface area contributed by atoms with Gasteiger partial charge in [0.05, 0.1) is 12.2 Å². The summed E-state index contributed by atoms with van der Waals surface area (Å²) in [6.45, 7) is 0.368. The lowest BCUT2D eigenvalue weighted by Crippen LogP contribution is -2.46. The maximum Gasteiger partial charge on any atom is 0.256 e. The molecule has 1 aromatic carbocycles. The van der Waals surface area contributed by atoms with Crippen molar-refractivity contribution in [2.75, 3.05) is 37.9 Å². The molecule has 0 radical (unpaired) electrons. The Morgan fingerprint density at radius 2 is 2.10 bits per heavy atom. The Balaban J connectivity index is 2.32. The predicted octanol–water partition coefficient (Wildman–Crippen LogP) is 1.32. The minimum Gasteiger partial charge on any atom is -0.399 e. The molecule has 1 amide bonds. The van der Waals surface area contributed by atoms with Crippen molar-refractivity contribution in [1.29, 1.82) is 0 Å².